The Labute approximate surface area is 189 Å². The molecule has 0 heterocycles. The Kier molecular flexibility index (Phi) is 11.7. The van der Waals surface area contributed by atoms with E-state index in [1.54, 1.807) is 6.92 Å². The SMILES string of the molecule is CCCCCCC=CCCC[C@H]1C=C[C@@H](Cc2ccccc2)[C@H]([C@H](C(=O)O)[C@H](C)O)C1. The molecule has 0 aromatic heterocycles. The van der Waals surface area contributed by atoms with E-state index in [1.165, 1.54) is 37.7 Å². The number of unbranched alkanes of at least 4 members (excludes halogenated alkanes) is 5. The fourth-order valence-electron chi connectivity index (χ4n) is 4.95. The molecule has 0 saturated heterocycles. The van der Waals surface area contributed by atoms with Crippen molar-refractivity contribution in [3.05, 3.63) is 60.2 Å². The molecule has 0 aliphatic heterocycles. The lowest BCUT2D eigenvalue weighted by molar-refractivity contribution is -0.149. The van der Waals surface area contributed by atoms with Gasteiger partial charge in [-0.05, 0) is 75.2 Å². The minimum absolute atomic E-state index is 0.0400. The molecule has 0 spiro atoms. The van der Waals surface area contributed by atoms with Crippen molar-refractivity contribution in [2.75, 3.05) is 0 Å². The molecule has 31 heavy (non-hydrogen) atoms. The van der Waals surface area contributed by atoms with Gasteiger partial charge >= 0.3 is 5.97 Å². The van der Waals surface area contributed by atoms with Crippen LogP contribution in [-0.4, -0.2) is 22.3 Å². The Morgan fingerprint density at radius 2 is 1.77 bits per heavy atom. The van der Waals surface area contributed by atoms with Gasteiger partial charge in [0.05, 0.1) is 12.0 Å². The van der Waals surface area contributed by atoms with Crippen LogP contribution in [0.2, 0.25) is 0 Å². The van der Waals surface area contributed by atoms with Gasteiger partial charge in [-0.3, -0.25) is 4.79 Å². The van der Waals surface area contributed by atoms with E-state index in [-0.39, 0.29) is 11.8 Å². The average molecular weight is 427 g/mol. The van der Waals surface area contributed by atoms with Crippen molar-refractivity contribution in [1.29, 1.82) is 0 Å². The second-order valence-electron chi connectivity index (χ2n) is 9.25. The number of aliphatic hydroxyl groups is 1. The summed E-state index contributed by atoms with van der Waals surface area (Å²) < 4.78 is 0. The monoisotopic (exact) mass is 426 g/mol. The van der Waals surface area contributed by atoms with Crippen LogP contribution in [0.4, 0.5) is 0 Å². The van der Waals surface area contributed by atoms with Crippen LogP contribution in [0.25, 0.3) is 0 Å². The zero-order chi connectivity index (χ0) is 22.5. The molecule has 2 N–H and O–H groups in total. The van der Waals surface area contributed by atoms with Gasteiger partial charge in [-0.2, -0.15) is 0 Å². The lowest BCUT2D eigenvalue weighted by Gasteiger charge is -2.37. The number of hydrogen-bond donors (Lipinski definition) is 2. The second kappa shape index (κ2) is 14.2. The average Bonchev–Trinajstić information content (AvgIpc) is 2.74. The Balaban J connectivity index is 1.92. The standard InChI is InChI=1S/C28H42O3/c1-3-4-5-6-7-8-9-10-12-17-24-18-19-25(20-23-15-13-11-14-16-23)26(21-24)27(22(2)29)28(30)31/h8-9,11,13-16,18-19,22,24-27,29H,3-7,10,12,17,20-21H2,1-2H3,(H,30,31)/t22-,24-,25-,26+,27+/m0/s1. The third-order valence-electron chi connectivity index (χ3n) is 6.67. The molecule has 0 bridgehead atoms. The third-order valence-corrected chi connectivity index (χ3v) is 6.67. The fraction of sp³-hybridized carbons (Fsp3) is 0.607. The zero-order valence-electron chi connectivity index (χ0n) is 19.5. The van der Waals surface area contributed by atoms with Crippen LogP contribution in [0, 0.1) is 23.7 Å². The van der Waals surface area contributed by atoms with Crippen LogP contribution in [-0.2, 0) is 11.2 Å². The van der Waals surface area contributed by atoms with E-state index in [9.17, 15) is 15.0 Å². The van der Waals surface area contributed by atoms with Crippen molar-refractivity contribution < 1.29 is 15.0 Å². The van der Waals surface area contributed by atoms with Crippen molar-refractivity contribution in [3.63, 3.8) is 0 Å². The van der Waals surface area contributed by atoms with Crippen LogP contribution in [0.3, 0.4) is 0 Å². The van der Waals surface area contributed by atoms with Crippen molar-refractivity contribution in [3.8, 4) is 0 Å². The van der Waals surface area contributed by atoms with Gasteiger partial charge < -0.3 is 10.2 Å². The molecule has 3 heteroatoms. The van der Waals surface area contributed by atoms with Crippen molar-refractivity contribution in [1.82, 2.24) is 0 Å². The summed E-state index contributed by atoms with van der Waals surface area (Å²) in [6.45, 7) is 3.86. The van der Waals surface area contributed by atoms with E-state index in [0.717, 1.165) is 32.1 Å². The maximum absolute atomic E-state index is 12.0. The van der Waals surface area contributed by atoms with Crippen molar-refractivity contribution in [2.45, 2.75) is 84.2 Å². The first-order valence-electron chi connectivity index (χ1n) is 12.3. The number of carbonyl (C=O) groups is 1. The van der Waals surface area contributed by atoms with Gasteiger partial charge in [0.25, 0.3) is 0 Å². The Hall–Kier alpha value is -1.87. The predicted molar refractivity (Wildman–Crippen MR) is 129 cm³/mol. The highest BCUT2D eigenvalue weighted by Crippen LogP contribution is 2.39. The van der Waals surface area contributed by atoms with Crippen LogP contribution < -0.4 is 0 Å². The first kappa shape index (κ1) is 25.4. The van der Waals surface area contributed by atoms with E-state index in [2.05, 4.69) is 43.4 Å². The summed E-state index contributed by atoms with van der Waals surface area (Å²) in [6.07, 6.45) is 19.7. The molecule has 5 atom stereocenters. The van der Waals surface area contributed by atoms with E-state index < -0.39 is 18.0 Å². The molecule has 2 rings (SSSR count). The van der Waals surface area contributed by atoms with E-state index >= 15 is 0 Å². The maximum Gasteiger partial charge on any atom is 0.309 e. The maximum atomic E-state index is 12.0. The largest absolute Gasteiger partial charge is 0.481 e. The smallest absolute Gasteiger partial charge is 0.309 e. The highest BCUT2D eigenvalue weighted by molar-refractivity contribution is 5.71. The quantitative estimate of drug-likeness (QED) is 0.253. The van der Waals surface area contributed by atoms with Crippen LogP contribution in [0.15, 0.2) is 54.6 Å². The first-order valence-corrected chi connectivity index (χ1v) is 12.3. The molecule has 0 saturated carbocycles. The molecule has 0 unspecified atom stereocenters. The molecule has 172 valence electrons. The van der Waals surface area contributed by atoms with Gasteiger partial charge in [-0.1, -0.05) is 80.8 Å². The third kappa shape index (κ3) is 9.03. The highest BCUT2D eigenvalue weighted by Gasteiger charge is 2.39. The number of carboxylic acid groups (broad SMARTS) is 1. The molecule has 3 nitrogen and oxygen atoms in total. The lowest BCUT2D eigenvalue weighted by atomic mass is 9.68. The summed E-state index contributed by atoms with van der Waals surface area (Å²) in [5.41, 5.74) is 1.22. The van der Waals surface area contributed by atoms with Gasteiger partial charge in [0.2, 0.25) is 0 Å². The number of allylic oxidation sites excluding steroid dienone is 4. The summed E-state index contributed by atoms with van der Waals surface area (Å²) in [5.74, 6) is -1.09. The van der Waals surface area contributed by atoms with E-state index in [1.807, 2.05) is 18.2 Å². The molecule has 0 radical (unpaired) electrons. The van der Waals surface area contributed by atoms with Crippen molar-refractivity contribution in [2.24, 2.45) is 23.7 Å². The molecular formula is C28H42O3. The molecule has 1 aromatic carbocycles. The summed E-state index contributed by atoms with van der Waals surface area (Å²) in [5, 5.41) is 20.1. The molecule has 0 fully saturated rings. The number of rotatable bonds is 14. The van der Waals surface area contributed by atoms with Crippen LogP contribution in [0.5, 0.6) is 0 Å². The second-order valence-corrected chi connectivity index (χ2v) is 9.25. The molecule has 1 aliphatic rings. The fourth-order valence-corrected chi connectivity index (χ4v) is 4.95. The topological polar surface area (TPSA) is 57.5 Å². The van der Waals surface area contributed by atoms with Gasteiger partial charge in [-0.25, -0.2) is 0 Å². The normalized spacial score (nSPS) is 23.1. The predicted octanol–water partition coefficient (Wildman–Crippen LogP) is 6.82. The minimum Gasteiger partial charge on any atom is -0.481 e. The highest BCUT2D eigenvalue weighted by atomic mass is 16.4. The number of carboxylic acids is 1. The summed E-state index contributed by atoms with van der Waals surface area (Å²) >= 11 is 0. The Morgan fingerprint density at radius 1 is 1.06 bits per heavy atom. The number of aliphatic carboxylic acids is 1. The Bertz CT molecular complexity index is 677. The minimum atomic E-state index is -0.877. The molecular weight excluding hydrogens is 384 g/mol. The van der Waals surface area contributed by atoms with E-state index in [4.69, 9.17) is 0 Å². The number of benzene rings is 1. The molecule has 0 amide bonds. The number of aliphatic hydroxyl groups excluding tert-OH is 1. The number of hydrogen-bond acceptors (Lipinski definition) is 2. The van der Waals surface area contributed by atoms with Gasteiger partial charge in [-0.15, -0.1) is 0 Å². The molecule has 1 aromatic rings. The van der Waals surface area contributed by atoms with Crippen molar-refractivity contribution >= 4 is 5.97 Å². The Morgan fingerprint density at radius 3 is 2.42 bits per heavy atom. The summed E-state index contributed by atoms with van der Waals surface area (Å²) in [7, 11) is 0. The van der Waals surface area contributed by atoms with Crippen LogP contribution >= 0.6 is 0 Å². The van der Waals surface area contributed by atoms with Gasteiger partial charge in [0.15, 0.2) is 0 Å². The summed E-state index contributed by atoms with van der Waals surface area (Å²) in [4.78, 5) is 12.0. The lowest BCUT2D eigenvalue weighted by Crippen LogP contribution is -2.39. The van der Waals surface area contributed by atoms with Gasteiger partial charge in [0, 0.05) is 0 Å². The molecule has 1 aliphatic carbocycles. The summed E-state index contributed by atoms with van der Waals surface area (Å²) in [6, 6.07) is 10.3. The first-order chi connectivity index (χ1) is 15.0. The zero-order valence-corrected chi connectivity index (χ0v) is 19.5. The van der Waals surface area contributed by atoms with E-state index in [0.29, 0.717) is 5.92 Å². The van der Waals surface area contributed by atoms with Crippen LogP contribution in [0.1, 0.15) is 77.2 Å². The van der Waals surface area contributed by atoms with Gasteiger partial charge in [0.1, 0.15) is 0 Å².